The van der Waals surface area contributed by atoms with E-state index in [-0.39, 0.29) is 39.4 Å². The van der Waals surface area contributed by atoms with Gasteiger partial charge >= 0.3 is 23.1 Å². The second-order valence-electron chi connectivity index (χ2n) is 14.5. The van der Waals surface area contributed by atoms with Crippen LogP contribution in [0.1, 0.15) is 90.4 Å². The van der Waals surface area contributed by atoms with E-state index in [1.807, 2.05) is 4.57 Å². The van der Waals surface area contributed by atoms with Gasteiger partial charge in [0, 0.05) is 0 Å². The first-order chi connectivity index (χ1) is 22.7. The summed E-state index contributed by atoms with van der Waals surface area (Å²) in [5.74, 6) is 0.229. The van der Waals surface area contributed by atoms with Gasteiger partial charge in [0.25, 0.3) is 0 Å². The molecule has 0 radical (unpaired) electrons. The highest BCUT2D eigenvalue weighted by atomic mass is 35.5. The zero-order chi connectivity index (χ0) is 34.8. The van der Waals surface area contributed by atoms with Crippen molar-refractivity contribution in [2.75, 3.05) is 12.8 Å². The second kappa shape index (κ2) is 13.2. The summed E-state index contributed by atoms with van der Waals surface area (Å²) in [6.07, 6.45) is 2.89. The van der Waals surface area contributed by atoms with Crippen LogP contribution in [0.5, 0.6) is 5.75 Å². The summed E-state index contributed by atoms with van der Waals surface area (Å²) in [7, 11) is -4.35. The molecule has 0 amide bonds. The maximum absolute atomic E-state index is 14.1. The number of nitrogens with zero attached hydrogens (tertiary/aromatic N) is 4. The average molecular weight is 734 g/mol. The van der Waals surface area contributed by atoms with E-state index in [0.29, 0.717) is 22.5 Å². The maximum atomic E-state index is 14.1. The number of anilines is 1. The number of nitrogen functional groups attached to an aromatic ring is 1. The summed E-state index contributed by atoms with van der Waals surface area (Å²) in [5.41, 5.74) is 8.00. The number of methoxy groups -OCH3 is 1. The number of hydrogen-bond acceptors (Lipinski definition) is 11. The van der Waals surface area contributed by atoms with Crippen LogP contribution in [0.3, 0.4) is 0 Å². The van der Waals surface area contributed by atoms with Crippen LogP contribution in [-0.4, -0.2) is 72.8 Å². The Hall–Kier alpha value is -2.21. The number of hydrogen-bond donors (Lipinski definition) is 1. The molecule has 3 aromatic rings. The lowest BCUT2D eigenvalue weighted by atomic mass is 9.93. The molecule has 6 rings (SSSR count). The van der Waals surface area contributed by atoms with Gasteiger partial charge in [0.05, 0.1) is 29.9 Å². The topological polar surface area (TPSA) is 133 Å². The highest BCUT2D eigenvalue weighted by Crippen LogP contribution is 2.63. The number of carbonyl (C=O) groups excluding carboxylic acids is 1. The second-order valence-corrected chi connectivity index (χ2v) is 25.1. The molecule has 1 aromatic carbocycles. The minimum Gasteiger partial charge on any atom is -0.497 e. The lowest BCUT2D eigenvalue weighted by Gasteiger charge is -2.55. The summed E-state index contributed by atoms with van der Waals surface area (Å²) in [6, 6.07) is 6.93. The van der Waals surface area contributed by atoms with Gasteiger partial charge in [-0.1, -0.05) is 67.0 Å². The Morgan fingerprint density at radius 3 is 2.25 bits per heavy atom. The van der Waals surface area contributed by atoms with E-state index in [9.17, 15) is 4.79 Å². The van der Waals surface area contributed by atoms with Gasteiger partial charge in [0.15, 0.2) is 16.9 Å². The molecule has 2 aliphatic heterocycles. The number of aromatic nitrogens is 4. The highest BCUT2D eigenvalue weighted by Gasteiger charge is 2.70. The zero-order valence-electron chi connectivity index (χ0n) is 29.2. The number of esters is 1. The predicted molar refractivity (Wildman–Crippen MR) is 193 cm³/mol. The fraction of sp³-hybridized carbons (Fsp3) is 0.636. The minimum absolute atomic E-state index is 0.0376. The number of carbonyl (C=O) groups is 1. The molecule has 1 aliphatic carbocycles. The van der Waals surface area contributed by atoms with Crippen molar-refractivity contribution in [2.24, 2.45) is 0 Å². The van der Waals surface area contributed by atoms with Crippen molar-refractivity contribution in [2.45, 2.75) is 125 Å². The number of imidazole rings is 1. The Kier molecular flexibility index (Phi) is 9.76. The molecule has 3 aliphatic rings. The number of fused-ring (bicyclic) bond motifs is 1. The Balaban J connectivity index is 1.55. The van der Waals surface area contributed by atoms with Gasteiger partial charge < -0.3 is 28.2 Å². The lowest BCUT2D eigenvalue weighted by molar-refractivity contribution is -0.0586. The molecule has 5 atom stereocenters. The zero-order valence-corrected chi connectivity index (χ0v) is 32.8. The quantitative estimate of drug-likeness (QED) is 0.138. The number of thioether (sulfide) groups is 1. The Labute approximate surface area is 294 Å². The monoisotopic (exact) mass is 733 g/mol. The van der Waals surface area contributed by atoms with Crippen molar-refractivity contribution in [3.8, 4) is 5.75 Å². The predicted octanol–water partition coefficient (Wildman–Crippen LogP) is 7.79. The molecule has 262 valence electrons. The van der Waals surface area contributed by atoms with Gasteiger partial charge in [0.2, 0.25) is 5.95 Å². The number of rotatable bonds is 8. The van der Waals surface area contributed by atoms with E-state index in [1.165, 1.54) is 0 Å². The number of ether oxygens (including phenoxy) is 2. The smallest absolute Gasteiger partial charge is 0.338 e. The summed E-state index contributed by atoms with van der Waals surface area (Å²) >= 11 is 8.24. The van der Waals surface area contributed by atoms with Crippen LogP contribution < -0.4 is 10.5 Å². The Bertz CT molecular complexity index is 1640. The van der Waals surface area contributed by atoms with Crippen LogP contribution in [0.2, 0.25) is 27.3 Å². The molecule has 2 N–H and O–H groups in total. The van der Waals surface area contributed by atoms with Gasteiger partial charge in [-0.15, -0.1) is 11.8 Å². The van der Waals surface area contributed by atoms with Crippen molar-refractivity contribution in [1.82, 2.24) is 19.5 Å². The van der Waals surface area contributed by atoms with Crippen LogP contribution in [0, 0.1) is 0 Å². The third-order valence-corrected chi connectivity index (χ3v) is 22.8. The molecule has 2 aromatic heterocycles. The van der Waals surface area contributed by atoms with Crippen molar-refractivity contribution in [3.63, 3.8) is 0 Å². The number of benzene rings is 1. The SMILES string of the molecule is COc1ccc(C(=O)O[C@H]2[C@H](n3cnc4c(Cl)nc(N)nc43)SC34CCC[C@@H]3O[Si](C(C)C)(C(C)C)O[Si](C(C)C)(C(C)C)O[C@@H]24)cc1. The standard InChI is InChI=1S/C33H48ClN5O6SSi2/c1-18(2)47(19(3)4)43-24-11-10-16-33(24)27(44-48(45-47,20(5)6)21(7)8)26(42-31(40)22-12-14-23(41-9)15-13-22)30(46-33)39-17-36-25-28(34)37-32(35)38-29(25)39/h12-15,17-21,24,26-27,30H,10-11,16H2,1-9H3,(H2,35,37,38)/t24-,26+,27-,30+,33?/m0/s1. The van der Waals surface area contributed by atoms with E-state index < -0.39 is 45.4 Å². The van der Waals surface area contributed by atoms with Crippen LogP contribution >= 0.6 is 23.4 Å². The van der Waals surface area contributed by atoms with Gasteiger partial charge in [-0.05, 0) is 65.7 Å². The summed E-state index contributed by atoms with van der Waals surface area (Å²) in [5, 5.41) is -0.312. The van der Waals surface area contributed by atoms with Gasteiger partial charge in [-0.3, -0.25) is 4.57 Å². The number of nitrogens with two attached hydrogens (primary N) is 1. The van der Waals surface area contributed by atoms with Crippen LogP contribution in [0.25, 0.3) is 11.2 Å². The summed E-state index contributed by atoms with van der Waals surface area (Å²) < 4.78 is 36.2. The molecule has 11 nitrogen and oxygen atoms in total. The number of halogens is 1. The molecule has 48 heavy (non-hydrogen) atoms. The summed E-state index contributed by atoms with van der Waals surface area (Å²) in [6.45, 7) is 17.8. The fourth-order valence-corrected chi connectivity index (χ4v) is 21.7. The molecular formula is C33H48ClN5O6SSi2. The van der Waals surface area contributed by atoms with Gasteiger partial charge in [0.1, 0.15) is 22.7 Å². The van der Waals surface area contributed by atoms with Crippen LogP contribution in [-0.2, 0) is 17.7 Å². The Morgan fingerprint density at radius 1 is 1.02 bits per heavy atom. The van der Waals surface area contributed by atoms with Gasteiger partial charge in [-0.25, -0.2) is 9.78 Å². The molecule has 15 heteroatoms. The van der Waals surface area contributed by atoms with Crippen LogP contribution in [0.15, 0.2) is 30.6 Å². The van der Waals surface area contributed by atoms with Gasteiger partial charge in [-0.2, -0.15) is 9.97 Å². The largest absolute Gasteiger partial charge is 0.497 e. The molecule has 4 heterocycles. The first kappa shape index (κ1) is 35.6. The van der Waals surface area contributed by atoms with E-state index >= 15 is 0 Å². The Morgan fingerprint density at radius 2 is 1.65 bits per heavy atom. The first-order valence-corrected chi connectivity index (χ1v) is 22.1. The average Bonchev–Trinajstić information content (AvgIpc) is 3.70. The minimum atomic E-state index is -3.08. The normalized spacial score (nSPS) is 28.1. The van der Waals surface area contributed by atoms with E-state index in [4.69, 9.17) is 39.8 Å². The highest BCUT2D eigenvalue weighted by molar-refractivity contribution is 8.01. The van der Waals surface area contributed by atoms with E-state index in [1.54, 1.807) is 49.5 Å². The van der Waals surface area contributed by atoms with E-state index in [2.05, 4.69) is 70.3 Å². The van der Waals surface area contributed by atoms with Crippen molar-refractivity contribution < 1.29 is 27.2 Å². The molecular weight excluding hydrogens is 686 g/mol. The van der Waals surface area contributed by atoms with Crippen LogP contribution in [0.4, 0.5) is 5.95 Å². The fourth-order valence-electron chi connectivity index (χ4n) is 7.95. The molecule has 0 bridgehead atoms. The molecule has 1 saturated carbocycles. The third-order valence-electron chi connectivity index (χ3n) is 10.4. The first-order valence-electron chi connectivity index (χ1n) is 16.9. The summed E-state index contributed by atoms with van der Waals surface area (Å²) in [4.78, 5) is 27.3. The van der Waals surface area contributed by atoms with E-state index in [0.717, 1.165) is 19.3 Å². The molecule has 3 fully saturated rings. The lowest BCUT2D eigenvalue weighted by Crippen LogP contribution is -2.69. The molecule has 2 saturated heterocycles. The maximum Gasteiger partial charge on any atom is 0.338 e. The van der Waals surface area contributed by atoms with Crippen molar-refractivity contribution in [3.05, 3.63) is 41.3 Å². The molecule has 1 spiro atoms. The van der Waals surface area contributed by atoms with Crippen molar-refractivity contribution in [1.29, 1.82) is 0 Å². The molecule has 1 unspecified atom stereocenters. The van der Waals surface area contributed by atoms with Crippen molar-refractivity contribution >= 4 is 63.6 Å². The third kappa shape index (κ3) is 5.68.